The normalized spacial score (nSPS) is 21.0. The fourth-order valence-electron chi connectivity index (χ4n) is 3.38. The zero-order valence-corrected chi connectivity index (χ0v) is 14.3. The van der Waals surface area contributed by atoms with Gasteiger partial charge in [0.2, 0.25) is 5.91 Å². The molecule has 1 aliphatic carbocycles. The van der Waals surface area contributed by atoms with Crippen LogP contribution in [0.5, 0.6) is 0 Å². The molecule has 0 spiro atoms. The molecule has 2 atom stereocenters. The average Bonchev–Trinajstić information content (AvgIpc) is 2.58. The minimum Gasteiger partial charge on any atom is -0.372 e. The quantitative estimate of drug-likeness (QED) is 0.611. The number of nitrogens with one attached hydrogen (secondary N) is 1. The van der Waals surface area contributed by atoms with Gasteiger partial charge in [0.1, 0.15) is 5.82 Å². The van der Waals surface area contributed by atoms with Crippen LogP contribution in [0, 0.1) is 17.7 Å². The number of amides is 1. The fourth-order valence-corrected chi connectivity index (χ4v) is 3.38. The van der Waals surface area contributed by atoms with Gasteiger partial charge in [0, 0.05) is 26.1 Å². The van der Waals surface area contributed by atoms with Gasteiger partial charge in [-0.25, -0.2) is 4.39 Å². The van der Waals surface area contributed by atoms with Crippen molar-refractivity contribution in [1.82, 2.24) is 5.32 Å². The van der Waals surface area contributed by atoms with E-state index in [9.17, 15) is 22.4 Å². The van der Waals surface area contributed by atoms with E-state index in [4.69, 9.17) is 0 Å². The van der Waals surface area contributed by atoms with Gasteiger partial charge in [0.05, 0.1) is 11.6 Å². The highest BCUT2D eigenvalue weighted by Gasteiger charge is 2.47. The molecular weight excluding hydrogens is 336 g/mol. The smallest absolute Gasteiger partial charge is 0.372 e. The van der Waals surface area contributed by atoms with E-state index in [1.165, 1.54) is 6.07 Å². The van der Waals surface area contributed by atoms with E-state index in [2.05, 4.69) is 5.32 Å². The first kappa shape index (κ1) is 19.5. The molecule has 1 amide bonds. The van der Waals surface area contributed by atoms with Crippen LogP contribution in [0.1, 0.15) is 32.1 Å². The van der Waals surface area contributed by atoms with Crippen LogP contribution in [0.2, 0.25) is 0 Å². The number of carbonyl (C=O) groups is 1. The lowest BCUT2D eigenvalue weighted by Crippen LogP contribution is -2.43. The highest BCUT2D eigenvalue weighted by Crippen LogP contribution is 2.41. The number of rotatable bonds is 6. The number of carbonyl (C=O) groups excluding carboxylic acids is 1. The molecule has 3 nitrogen and oxygen atoms in total. The number of para-hydroxylation sites is 1. The van der Waals surface area contributed by atoms with Crippen LogP contribution in [0.15, 0.2) is 24.3 Å². The van der Waals surface area contributed by atoms with Crippen molar-refractivity contribution in [1.29, 1.82) is 0 Å². The van der Waals surface area contributed by atoms with Gasteiger partial charge in [-0.05, 0) is 31.4 Å². The summed E-state index contributed by atoms with van der Waals surface area (Å²) in [6.45, 7) is 0.771. The van der Waals surface area contributed by atoms with Gasteiger partial charge in [-0.2, -0.15) is 13.2 Å². The van der Waals surface area contributed by atoms with Crippen molar-refractivity contribution < 1.29 is 22.4 Å². The maximum atomic E-state index is 13.7. The second-order valence-electron chi connectivity index (χ2n) is 6.56. The first-order valence-electron chi connectivity index (χ1n) is 8.61. The minimum atomic E-state index is -4.33. The van der Waals surface area contributed by atoms with Crippen molar-refractivity contribution in [2.24, 2.45) is 11.8 Å². The summed E-state index contributed by atoms with van der Waals surface area (Å²) in [6, 6.07) is 6.36. The summed E-state index contributed by atoms with van der Waals surface area (Å²) in [5, 5.41) is 2.62. The number of halogens is 4. The number of hydrogen-bond donors (Lipinski definition) is 1. The lowest BCUT2D eigenvalue weighted by molar-refractivity contribution is -0.198. The molecule has 140 valence electrons. The van der Waals surface area contributed by atoms with Crippen LogP contribution in [0.4, 0.5) is 23.2 Å². The summed E-state index contributed by atoms with van der Waals surface area (Å²) >= 11 is 0. The highest BCUT2D eigenvalue weighted by atomic mass is 19.4. The molecule has 1 N–H and O–H groups in total. The molecule has 0 aromatic heterocycles. The second-order valence-corrected chi connectivity index (χ2v) is 6.56. The molecule has 0 bridgehead atoms. The van der Waals surface area contributed by atoms with Crippen molar-refractivity contribution in [2.45, 2.75) is 38.3 Å². The molecular formula is C18H24F4N2O. The van der Waals surface area contributed by atoms with E-state index in [0.717, 1.165) is 0 Å². The van der Waals surface area contributed by atoms with Crippen molar-refractivity contribution in [2.75, 3.05) is 25.0 Å². The molecule has 2 rings (SSSR count). The minimum absolute atomic E-state index is 0.0254. The largest absolute Gasteiger partial charge is 0.392 e. The molecule has 1 aromatic carbocycles. The molecule has 1 aliphatic rings. The maximum Gasteiger partial charge on any atom is 0.392 e. The van der Waals surface area contributed by atoms with Gasteiger partial charge in [-0.1, -0.05) is 25.0 Å². The number of alkyl halides is 3. The monoisotopic (exact) mass is 360 g/mol. The lowest BCUT2D eigenvalue weighted by Gasteiger charge is -2.32. The Bertz CT molecular complexity index is 576. The van der Waals surface area contributed by atoms with E-state index in [0.29, 0.717) is 31.5 Å². The van der Waals surface area contributed by atoms with E-state index < -0.39 is 23.9 Å². The molecule has 0 saturated heterocycles. The third-order valence-electron chi connectivity index (χ3n) is 4.76. The van der Waals surface area contributed by atoms with Crippen LogP contribution in [-0.2, 0) is 4.79 Å². The topological polar surface area (TPSA) is 32.3 Å². The molecule has 0 aliphatic heterocycles. The van der Waals surface area contributed by atoms with Crippen LogP contribution >= 0.6 is 0 Å². The van der Waals surface area contributed by atoms with Gasteiger partial charge in [0.15, 0.2) is 0 Å². The third kappa shape index (κ3) is 5.34. The van der Waals surface area contributed by atoms with Gasteiger partial charge in [-0.15, -0.1) is 0 Å². The predicted octanol–water partition coefficient (Wildman–Crippen LogP) is 4.14. The standard InChI is InChI=1S/C18H24F4N2O/c1-24(16-10-5-4-9-15(16)19)12-6-11-23-17(25)13-7-2-3-8-14(13)18(20,21)22/h4-5,9-10,13-14H,2-3,6-8,11-12H2,1H3,(H,23,25). The Labute approximate surface area is 145 Å². The summed E-state index contributed by atoms with van der Waals surface area (Å²) in [4.78, 5) is 13.9. The summed E-state index contributed by atoms with van der Waals surface area (Å²) in [7, 11) is 1.74. The fraction of sp³-hybridized carbons (Fsp3) is 0.611. The van der Waals surface area contributed by atoms with Crippen molar-refractivity contribution in [3.05, 3.63) is 30.1 Å². The summed E-state index contributed by atoms with van der Waals surface area (Å²) < 4.78 is 52.8. The van der Waals surface area contributed by atoms with Gasteiger partial charge in [0.25, 0.3) is 0 Å². The first-order chi connectivity index (χ1) is 11.8. The Hall–Kier alpha value is -1.79. The Balaban J connectivity index is 1.79. The summed E-state index contributed by atoms with van der Waals surface area (Å²) in [5.41, 5.74) is 0.457. The summed E-state index contributed by atoms with van der Waals surface area (Å²) in [6.07, 6.45) is -2.32. The predicted molar refractivity (Wildman–Crippen MR) is 88.8 cm³/mol. The molecule has 1 fully saturated rings. The first-order valence-corrected chi connectivity index (χ1v) is 8.61. The van der Waals surface area contributed by atoms with Crippen LogP contribution in [0.3, 0.4) is 0 Å². The highest BCUT2D eigenvalue weighted by molar-refractivity contribution is 5.79. The van der Waals surface area contributed by atoms with Crippen molar-refractivity contribution in [3.63, 3.8) is 0 Å². The average molecular weight is 360 g/mol. The number of anilines is 1. The number of benzene rings is 1. The number of hydrogen-bond acceptors (Lipinski definition) is 2. The van der Waals surface area contributed by atoms with Crippen LogP contribution in [-0.4, -0.2) is 32.2 Å². The van der Waals surface area contributed by atoms with Gasteiger partial charge in [-0.3, -0.25) is 4.79 Å². The molecule has 2 unspecified atom stereocenters. The molecule has 0 heterocycles. The molecule has 7 heteroatoms. The molecule has 25 heavy (non-hydrogen) atoms. The zero-order valence-electron chi connectivity index (χ0n) is 14.3. The van der Waals surface area contributed by atoms with Crippen LogP contribution < -0.4 is 10.2 Å². The zero-order chi connectivity index (χ0) is 18.4. The molecule has 1 aromatic rings. The third-order valence-corrected chi connectivity index (χ3v) is 4.76. The molecule has 0 radical (unpaired) electrons. The Morgan fingerprint density at radius 1 is 1.24 bits per heavy atom. The van der Waals surface area contributed by atoms with E-state index in [1.54, 1.807) is 30.1 Å². The van der Waals surface area contributed by atoms with Crippen molar-refractivity contribution in [3.8, 4) is 0 Å². The Kier molecular flexibility index (Phi) is 6.67. The summed E-state index contributed by atoms with van der Waals surface area (Å²) in [5.74, 6) is -3.37. The second kappa shape index (κ2) is 8.54. The maximum absolute atomic E-state index is 13.7. The van der Waals surface area contributed by atoms with Crippen LogP contribution in [0.25, 0.3) is 0 Å². The van der Waals surface area contributed by atoms with E-state index in [1.807, 2.05) is 0 Å². The van der Waals surface area contributed by atoms with Gasteiger partial charge >= 0.3 is 6.18 Å². The lowest BCUT2D eigenvalue weighted by atomic mass is 9.78. The number of nitrogens with zero attached hydrogens (tertiary/aromatic N) is 1. The SMILES string of the molecule is CN(CCCNC(=O)C1CCCCC1C(F)(F)F)c1ccccc1F. The van der Waals surface area contributed by atoms with E-state index >= 15 is 0 Å². The van der Waals surface area contributed by atoms with E-state index in [-0.39, 0.29) is 25.2 Å². The Morgan fingerprint density at radius 2 is 1.92 bits per heavy atom. The van der Waals surface area contributed by atoms with Gasteiger partial charge < -0.3 is 10.2 Å². The molecule has 1 saturated carbocycles. The van der Waals surface area contributed by atoms with Crippen molar-refractivity contribution >= 4 is 11.6 Å². The Morgan fingerprint density at radius 3 is 2.60 bits per heavy atom.